The third-order valence-electron chi connectivity index (χ3n) is 13.1. The van der Waals surface area contributed by atoms with E-state index in [0.29, 0.717) is 45.1 Å². The summed E-state index contributed by atoms with van der Waals surface area (Å²) >= 11 is 4.11. The van der Waals surface area contributed by atoms with Crippen molar-refractivity contribution >= 4 is 89.5 Å². The van der Waals surface area contributed by atoms with Crippen molar-refractivity contribution in [3.63, 3.8) is 0 Å². The molecule has 0 heterocycles. The quantitative estimate of drug-likeness (QED) is 0.0199. The van der Waals surface area contributed by atoms with Gasteiger partial charge in [0.15, 0.2) is 0 Å². The third-order valence-corrected chi connectivity index (χ3v) is 13.4. The van der Waals surface area contributed by atoms with Crippen molar-refractivity contribution in [1.82, 2.24) is 58.5 Å². The van der Waals surface area contributed by atoms with Crippen molar-refractivity contribution in [2.24, 2.45) is 40.7 Å². The number of rotatable bonds is 43. The first-order valence-electron chi connectivity index (χ1n) is 28.3. The van der Waals surface area contributed by atoms with Crippen LogP contribution in [0.1, 0.15) is 120 Å². The van der Waals surface area contributed by atoms with Gasteiger partial charge in [0.25, 0.3) is 0 Å². The first-order chi connectivity index (χ1) is 39.8. The number of amides is 12. The van der Waals surface area contributed by atoms with Crippen molar-refractivity contribution in [3.05, 3.63) is 0 Å². The maximum Gasteiger partial charge on any atom is 0.326 e. The molecule has 85 heavy (non-hydrogen) atoms. The molecule has 0 aliphatic carbocycles. The molecule has 33 heteroatoms. The van der Waals surface area contributed by atoms with Crippen LogP contribution in [0.5, 0.6) is 0 Å². The second kappa shape index (κ2) is 41.3. The minimum absolute atomic E-state index is 0.0126. The molecule has 12 amide bonds. The second-order valence-corrected chi connectivity index (χ2v) is 21.9. The molecule has 0 rings (SSSR count). The van der Waals surface area contributed by atoms with Crippen LogP contribution in [0.2, 0.25) is 0 Å². The third kappa shape index (κ3) is 30.2. The minimum Gasteiger partial charge on any atom is -0.480 e. The van der Waals surface area contributed by atoms with Crippen LogP contribution in [0.3, 0.4) is 0 Å². The van der Waals surface area contributed by atoms with Gasteiger partial charge < -0.3 is 102 Å². The Bertz CT molecular complexity index is 2230. The summed E-state index contributed by atoms with van der Waals surface area (Å²) in [5.74, 6) is -14.3. The van der Waals surface area contributed by atoms with E-state index in [2.05, 4.69) is 71.1 Å². The molecule has 0 spiro atoms. The highest BCUT2D eigenvalue weighted by Gasteiger charge is 2.37. The summed E-state index contributed by atoms with van der Waals surface area (Å²) in [6.45, 7) is 10.5. The number of unbranched alkanes of at least 4 members (excludes halogenated alkanes) is 2. The lowest BCUT2D eigenvalue weighted by molar-refractivity contribution is -0.144. The van der Waals surface area contributed by atoms with E-state index in [0.717, 1.165) is 0 Å². The number of aliphatic carboxylic acids is 1. The van der Waals surface area contributed by atoms with Gasteiger partial charge in [-0.2, -0.15) is 12.6 Å². The van der Waals surface area contributed by atoms with Gasteiger partial charge in [0.05, 0.1) is 38.3 Å². The molecule has 32 nitrogen and oxygen atoms in total. The monoisotopic (exact) mass is 1230 g/mol. The van der Waals surface area contributed by atoms with Gasteiger partial charge in [0.1, 0.15) is 60.4 Å². The Morgan fingerprint density at radius 2 is 0.906 bits per heavy atom. The molecule has 0 bridgehead atoms. The number of thiol groups is 1. The fourth-order valence-corrected chi connectivity index (χ4v) is 8.22. The fraction of sp³-hybridized carbons (Fsp3) is 0.750. The zero-order valence-electron chi connectivity index (χ0n) is 49.8. The maximum atomic E-state index is 13.9. The summed E-state index contributed by atoms with van der Waals surface area (Å²) in [7, 11) is 0. The van der Waals surface area contributed by atoms with Gasteiger partial charge in [0.2, 0.25) is 70.9 Å². The average molecular weight is 1230 g/mol. The van der Waals surface area contributed by atoms with Crippen molar-refractivity contribution in [3.8, 4) is 0 Å². The lowest BCUT2D eigenvalue weighted by Gasteiger charge is -2.28. The Labute approximate surface area is 500 Å². The number of hydrogen-bond acceptors (Lipinski definition) is 20. The average Bonchev–Trinajstić information content (AvgIpc) is 3.58. The number of carboxylic acid groups (broad SMARTS) is 1. The number of hydrogen-bond donors (Lipinski definition) is 20. The number of primary amides is 1. The molecule has 0 aromatic carbocycles. The van der Waals surface area contributed by atoms with Gasteiger partial charge in [-0.15, -0.1) is 0 Å². The van der Waals surface area contributed by atoms with Gasteiger partial charge >= 0.3 is 5.97 Å². The highest BCUT2D eigenvalue weighted by atomic mass is 32.1. The molecule has 0 saturated heterocycles. The van der Waals surface area contributed by atoms with Crippen molar-refractivity contribution in [2.75, 3.05) is 38.6 Å². The zero-order valence-corrected chi connectivity index (χ0v) is 50.7. The summed E-state index contributed by atoms with van der Waals surface area (Å²) in [5.41, 5.74) is 22.3. The standard InChI is InChI=1S/C52H95N15O17S/c1-9-27(6)40(50(81)58-28(7)42(73)63-36(23-69)48(79)65-37(24-85)49(80)61-32(18-25(2)3)46(77)62-34(52(83)84)20-38(56)71)66-45(76)31(15-11-13-17-54)59-39(72)21-57-44(75)35(22-68)64-51(82)41(29(8)70)67-47(78)33(19-26(4)5)60-43(74)30(55)14-10-12-16-53/h25-37,40-41,68-70,85H,9-24,53-55H2,1-8H3,(H2,56,71)(H,57,75)(H,58,81)(H,59,72)(H,60,74)(H,61,80)(H,62,77)(H,63,73)(H,64,82)(H,65,79)(H,66,76)(H,67,78)(H,83,84)/t27-,28-,29+,30-,31-,32-,33-,34-,35-,36-,37-,40-,41-/m0/s1. The molecule has 0 fully saturated rings. The van der Waals surface area contributed by atoms with Gasteiger partial charge in [-0.3, -0.25) is 57.5 Å². The summed E-state index contributed by atoms with van der Waals surface area (Å²) in [6.07, 6.45) is 0.319. The van der Waals surface area contributed by atoms with E-state index in [9.17, 15) is 82.8 Å². The first kappa shape index (κ1) is 78.2. The predicted octanol–water partition coefficient (Wildman–Crippen LogP) is -7.05. The lowest BCUT2D eigenvalue weighted by atomic mass is 9.97. The van der Waals surface area contributed by atoms with Crippen LogP contribution in [0.25, 0.3) is 0 Å². The number of carboxylic acids is 1. The number of aliphatic hydroxyl groups is 3. The number of carbonyl (C=O) groups excluding carboxylic acids is 12. The Hall–Kier alpha value is -6.78. The molecule has 0 saturated carbocycles. The Kier molecular flexibility index (Phi) is 38.0. The summed E-state index contributed by atoms with van der Waals surface area (Å²) in [6, 6.07) is -15.9. The smallest absolute Gasteiger partial charge is 0.326 e. The van der Waals surface area contributed by atoms with E-state index in [-0.39, 0.29) is 43.4 Å². The minimum atomic E-state index is -1.73. The van der Waals surface area contributed by atoms with Crippen LogP contribution in [-0.4, -0.2) is 208 Å². The van der Waals surface area contributed by atoms with Crippen LogP contribution < -0.4 is 81.4 Å². The zero-order chi connectivity index (χ0) is 65.3. The number of carbonyl (C=O) groups is 13. The van der Waals surface area contributed by atoms with E-state index < -0.39 is 182 Å². The normalized spacial score (nSPS) is 15.8. The lowest BCUT2D eigenvalue weighted by Crippen LogP contribution is -2.61. The first-order valence-corrected chi connectivity index (χ1v) is 28.9. The number of aliphatic hydroxyl groups excluding tert-OH is 3. The Balaban J connectivity index is 6.03. The number of nitrogens with one attached hydrogen (secondary N) is 11. The molecule has 0 aromatic heterocycles. The van der Waals surface area contributed by atoms with Gasteiger partial charge in [-0.25, -0.2) is 4.79 Å². The molecule has 0 aliphatic heterocycles. The molecule has 0 radical (unpaired) electrons. The van der Waals surface area contributed by atoms with E-state index >= 15 is 0 Å². The molecular formula is C52H95N15O17S. The number of nitrogens with two attached hydrogens (primary N) is 4. The molecule has 0 aliphatic rings. The second-order valence-electron chi connectivity index (χ2n) is 21.5. The summed E-state index contributed by atoms with van der Waals surface area (Å²) in [4.78, 5) is 170. The fourth-order valence-electron chi connectivity index (χ4n) is 7.96. The molecular weight excluding hydrogens is 1140 g/mol. The van der Waals surface area contributed by atoms with E-state index in [1.165, 1.54) is 13.8 Å². The SMILES string of the molecule is CC[C@H](C)[C@H](NC(=O)[C@H](CCCCN)NC(=O)CNC(=O)[C@H](CO)NC(=O)[C@@H](NC(=O)[C@H](CC(C)C)NC(=O)[C@@H](N)CCCCN)[C@@H](C)O)C(=O)N[C@@H](C)C(=O)N[C@@H](CO)C(=O)N[C@@H](CS)C(=O)N[C@@H](CC(C)C)C(=O)N[C@@H](CC(N)=O)C(=O)O. The predicted molar refractivity (Wildman–Crippen MR) is 311 cm³/mol. The van der Waals surface area contributed by atoms with Crippen LogP contribution in [0.15, 0.2) is 0 Å². The highest BCUT2D eigenvalue weighted by Crippen LogP contribution is 2.13. The van der Waals surface area contributed by atoms with Crippen LogP contribution >= 0.6 is 12.6 Å². The maximum absolute atomic E-state index is 13.9. The van der Waals surface area contributed by atoms with Crippen LogP contribution in [0.4, 0.5) is 0 Å². The van der Waals surface area contributed by atoms with Crippen LogP contribution in [0, 0.1) is 17.8 Å². The summed E-state index contributed by atoms with van der Waals surface area (Å²) in [5, 5.41) is 66.2. The summed E-state index contributed by atoms with van der Waals surface area (Å²) < 4.78 is 0. The topological polar surface area (TPSA) is 539 Å². The highest BCUT2D eigenvalue weighted by molar-refractivity contribution is 7.80. The van der Waals surface area contributed by atoms with E-state index in [4.69, 9.17) is 22.9 Å². The molecule has 0 aromatic rings. The van der Waals surface area contributed by atoms with Gasteiger partial charge in [-0.1, -0.05) is 54.4 Å². The van der Waals surface area contributed by atoms with Crippen molar-refractivity contribution < 1.29 is 82.8 Å². The Morgan fingerprint density at radius 1 is 0.482 bits per heavy atom. The van der Waals surface area contributed by atoms with E-state index in [1.807, 2.05) is 0 Å². The largest absolute Gasteiger partial charge is 0.480 e. The van der Waals surface area contributed by atoms with Gasteiger partial charge in [0, 0.05) is 5.75 Å². The Morgan fingerprint density at radius 3 is 1.39 bits per heavy atom. The molecule has 13 atom stereocenters. The molecule has 23 N–H and O–H groups in total. The molecule has 0 unspecified atom stereocenters. The van der Waals surface area contributed by atoms with Crippen molar-refractivity contribution in [1.29, 1.82) is 0 Å². The van der Waals surface area contributed by atoms with Crippen molar-refractivity contribution in [2.45, 2.75) is 192 Å². The van der Waals surface area contributed by atoms with E-state index in [1.54, 1.807) is 41.5 Å². The van der Waals surface area contributed by atoms with Crippen LogP contribution in [-0.2, 0) is 62.3 Å². The molecule has 486 valence electrons. The van der Waals surface area contributed by atoms with Gasteiger partial charge in [-0.05, 0) is 89.6 Å².